The SMILES string of the molecule is C=C(NC(C)C)OC.C=C(NC(C)C)OCC.C=C(O)NC(C)C.CC(C)C.CC(C)C.CC(C)C.CC(C)N(C)C.CCC(C)C.CCNC(C)C. The molecule has 0 spiro atoms. The van der Waals surface area contributed by atoms with Gasteiger partial charge in [-0.2, -0.15) is 0 Å². The maximum absolute atomic E-state index is 8.42. The van der Waals surface area contributed by atoms with Crippen molar-refractivity contribution in [1.82, 2.24) is 26.2 Å². The number of rotatable bonds is 13. The van der Waals surface area contributed by atoms with Gasteiger partial charge in [0.2, 0.25) is 0 Å². The molecule has 0 saturated heterocycles. The number of aliphatic hydroxyl groups excluding tert-OH is 1. The molecule has 330 valence electrons. The predicted molar refractivity (Wildman–Crippen MR) is 248 cm³/mol. The molecule has 0 bridgehead atoms. The summed E-state index contributed by atoms with van der Waals surface area (Å²) in [6, 6.07) is 2.42. The van der Waals surface area contributed by atoms with Gasteiger partial charge in [0, 0.05) is 30.2 Å². The molecule has 0 saturated carbocycles. The van der Waals surface area contributed by atoms with E-state index in [2.05, 4.69) is 178 Å². The molecule has 8 nitrogen and oxygen atoms in total. The number of ether oxygens (including phenoxy) is 2. The number of aliphatic hydroxyl groups is 1. The quantitative estimate of drug-likeness (QED) is 0.118. The zero-order chi connectivity index (χ0) is 44.9. The van der Waals surface area contributed by atoms with Gasteiger partial charge in [0.25, 0.3) is 0 Å². The van der Waals surface area contributed by atoms with Gasteiger partial charge in [0.05, 0.1) is 13.7 Å². The second-order valence-corrected chi connectivity index (χ2v) is 16.6. The van der Waals surface area contributed by atoms with E-state index >= 15 is 0 Å². The predicted octanol–water partition coefficient (Wildman–Crippen LogP) is 12.6. The second kappa shape index (κ2) is 56.7. The third-order valence-electron chi connectivity index (χ3n) is 4.38. The van der Waals surface area contributed by atoms with Gasteiger partial charge < -0.3 is 40.7 Å². The van der Waals surface area contributed by atoms with Crippen LogP contribution < -0.4 is 21.3 Å². The summed E-state index contributed by atoms with van der Waals surface area (Å²) in [7, 11) is 5.74. The average molecular weight is 766 g/mol. The lowest BCUT2D eigenvalue weighted by atomic mass is 10.2. The van der Waals surface area contributed by atoms with Gasteiger partial charge in [-0.25, -0.2) is 0 Å². The highest BCUT2D eigenvalue weighted by atomic mass is 16.5. The lowest BCUT2D eigenvalue weighted by Crippen LogP contribution is -2.22. The van der Waals surface area contributed by atoms with E-state index in [4.69, 9.17) is 14.6 Å². The summed E-state index contributed by atoms with van der Waals surface area (Å²) >= 11 is 0. The van der Waals surface area contributed by atoms with Crippen LogP contribution in [0.3, 0.4) is 0 Å². The van der Waals surface area contributed by atoms with E-state index in [1.54, 1.807) is 7.11 Å². The Balaban J connectivity index is -0.0000000596. The van der Waals surface area contributed by atoms with Crippen molar-refractivity contribution in [3.05, 3.63) is 37.4 Å². The normalized spacial score (nSPS) is 9.45. The minimum Gasteiger partial charge on any atom is -0.495 e. The second-order valence-electron chi connectivity index (χ2n) is 16.6. The maximum Gasteiger partial charge on any atom is 0.179 e. The van der Waals surface area contributed by atoms with Gasteiger partial charge >= 0.3 is 0 Å². The fourth-order valence-corrected chi connectivity index (χ4v) is 1.66. The van der Waals surface area contributed by atoms with Crippen molar-refractivity contribution in [3.63, 3.8) is 0 Å². The molecule has 0 aliphatic carbocycles. The van der Waals surface area contributed by atoms with Crippen LogP contribution >= 0.6 is 0 Å². The highest BCUT2D eigenvalue weighted by Crippen LogP contribution is 1.94. The fourth-order valence-electron chi connectivity index (χ4n) is 1.66. The summed E-state index contributed by atoms with van der Waals surface area (Å²) in [5.41, 5.74) is 0. The number of methoxy groups -OCH3 is 1. The number of nitrogens with zero attached hydrogens (tertiary/aromatic N) is 1. The van der Waals surface area contributed by atoms with Crippen LogP contribution in [0, 0.1) is 23.7 Å². The van der Waals surface area contributed by atoms with E-state index in [0.717, 1.165) is 30.2 Å². The Hall–Kier alpha value is -2.06. The number of hydrogen-bond donors (Lipinski definition) is 5. The zero-order valence-corrected chi connectivity index (χ0v) is 41.6. The lowest BCUT2D eigenvalue weighted by Gasteiger charge is -2.12. The van der Waals surface area contributed by atoms with Gasteiger partial charge in [0.15, 0.2) is 17.6 Å². The molecular weight excluding hydrogens is 659 g/mol. The van der Waals surface area contributed by atoms with Crippen molar-refractivity contribution in [3.8, 4) is 0 Å². The molecule has 0 aromatic carbocycles. The third-order valence-corrected chi connectivity index (χ3v) is 4.38. The Morgan fingerprint density at radius 3 is 0.887 bits per heavy atom. The first kappa shape index (κ1) is 72.2. The molecule has 0 aliphatic rings. The highest BCUT2D eigenvalue weighted by molar-refractivity contribution is 4.80. The Bertz CT molecular complexity index is 645. The Morgan fingerprint density at radius 1 is 0.547 bits per heavy atom. The minimum atomic E-state index is 0.0370. The van der Waals surface area contributed by atoms with Crippen molar-refractivity contribution in [1.29, 1.82) is 0 Å². The summed E-state index contributed by atoms with van der Waals surface area (Å²) in [6.07, 6.45) is 1.31. The van der Waals surface area contributed by atoms with Gasteiger partial charge in [-0.3, -0.25) is 0 Å². The van der Waals surface area contributed by atoms with E-state index < -0.39 is 0 Å². The smallest absolute Gasteiger partial charge is 0.179 e. The topological polar surface area (TPSA) is 90.0 Å². The Morgan fingerprint density at radius 2 is 0.811 bits per heavy atom. The zero-order valence-electron chi connectivity index (χ0n) is 41.6. The summed E-state index contributed by atoms with van der Waals surface area (Å²) in [4.78, 5) is 2.17. The first-order valence-electron chi connectivity index (χ1n) is 20.5. The van der Waals surface area contributed by atoms with Crippen molar-refractivity contribution >= 4 is 0 Å². The molecule has 5 N–H and O–H groups in total. The average Bonchev–Trinajstić information content (AvgIpc) is 2.92. The van der Waals surface area contributed by atoms with E-state index in [1.807, 2.05) is 48.5 Å². The molecule has 0 unspecified atom stereocenters. The van der Waals surface area contributed by atoms with Crippen molar-refractivity contribution < 1.29 is 14.6 Å². The highest BCUT2D eigenvalue weighted by Gasteiger charge is 1.93. The molecule has 8 heteroatoms. The number of nitrogens with one attached hydrogen (secondary N) is 4. The largest absolute Gasteiger partial charge is 0.495 e. The van der Waals surface area contributed by atoms with E-state index in [9.17, 15) is 0 Å². The van der Waals surface area contributed by atoms with Crippen LogP contribution in [0.25, 0.3) is 0 Å². The van der Waals surface area contributed by atoms with Gasteiger partial charge in [-0.05, 0) is 126 Å². The van der Waals surface area contributed by atoms with E-state index in [1.165, 1.54) is 6.42 Å². The van der Waals surface area contributed by atoms with E-state index in [0.29, 0.717) is 42.5 Å². The van der Waals surface area contributed by atoms with Gasteiger partial charge in [-0.1, -0.05) is 110 Å². The minimum absolute atomic E-state index is 0.0370. The molecule has 0 rings (SSSR count). The van der Waals surface area contributed by atoms with Crippen molar-refractivity contribution in [2.24, 2.45) is 23.7 Å². The van der Waals surface area contributed by atoms with Crippen LogP contribution in [0.2, 0.25) is 0 Å². The molecule has 0 heterocycles. The molecule has 0 fully saturated rings. The summed E-state index contributed by atoms with van der Waals surface area (Å²) in [5, 5.41) is 20.3. The monoisotopic (exact) mass is 766 g/mol. The first-order chi connectivity index (χ1) is 23.8. The number of hydrogen-bond acceptors (Lipinski definition) is 8. The van der Waals surface area contributed by atoms with E-state index in [-0.39, 0.29) is 11.9 Å². The van der Waals surface area contributed by atoms with Crippen LogP contribution in [-0.2, 0) is 9.47 Å². The molecule has 53 heavy (non-hydrogen) atoms. The standard InChI is InChI=1S/C7H15NO.C6H13NO.C5H11NO.2C5H13N.C5H12.3C4H10/c1-5-9-7(4)8-6(2)3;1-5(2)7-6(3)8-4;1-4(2)6-5(3)7;1-5(2)6(3)4;1-4-6-5(2)3;1-4-5(2)3;3*1-4(2)3/h6,8H,4-5H2,1-3H3;5,7H,3H2,1-2,4H3;4,6-7H,3H2,1-2H3;5H,1-4H3;5-6H,4H2,1-3H3;5H,4H2,1-3H3;3*4H,1-3H3. The Kier molecular flexibility index (Phi) is 77.2. The molecule has 0 atom stereocenters. The van der Waals surface area contributed by atoms with Crippen LogP contribution in [-0.4, -0.2) is 74.6 Å². The Labute approximate surface area is 338 Å². The van der Waals surface area contributed by atoms with Crippen LogP contribution in [0.1, 0.15) is 173 Å². The first-order valence-corrected chi connectivity index (χ1v) is 20.5. The molecule has 0 aromatic heterocycles. The fraction of sp³-hybridized carbons (Fsp3) is 0.867. The molecule has 0 aliphatic heterocycles. The van der Waals surface area contributed by atoms with Crippen LogP contribution in [0.15, 0.2) is 37.4 Å². The molecule has 0 aromatic rings. The summed E-state index contributed by atoms with van der Waals surface area (Å²) < 4.78 is 9.80. The lowest BCUT2D eigenvalue weighted by molar-refractivity contribution is 0.202. The van der Waals surface area contributed by atoms with Crippen molar-refractivity contribution in [2.75, 3.05) is 34.4 Å². The third kappa shape index (κ3) is 200. The van der Waals surface area contributed by atoms with Crippen LogP contribution in [0.5, 0.6) is 0 Å². The summed E-state index contributed by atoms with van der Waals surface area (Å²) in [6.45, 7) is 63.1. The molecular formula is C45H107N5O3. The van der Waals surface area contributed by atoms with Gasteiger partial charge in [-0.15, -0.1) is 0 Å². The molecule has 0 amide bonds. The maximum atomic E-state index is 8.42. The summed E-state index contributed by atoms with van der Waals surface area (Å²) in [5.74, 6) is 4.71. The van der Waals surface area contributed by atoms with Crippen molar-refractivity contribution in [2.45, 2.75) is 203 Å². The molecule has 0 radical (unpaired) electrons. The van der Waals surface area contributed by atoms with Crippen LogP contribution in [0.4, 0.5) is 0 Å². The van der Waals surface area contributed by atoms with Gasteiger partial charge in [0.1, 0.15) is 0 Å².